The van der Waals surface area contributed by atoms with Gasteiger partial charge in [-0.1, -0.05) is 12.8 Å². The Hall–Kier alpha value is -1.08. The third-order valence-corrected chi connectivity index (χ3v) is 3.58. The molecule has 2 rings (SSSR count). The van der Waals surface area contributed by atoms with E-state index in [2.05, 4.69) is 0 Å². The summed E-state index contributed by atoms with van der Waals surface area (Å²) in [6.45, 7) is 2.94. The van der Waals surface area contributed by atoms with Gasteiger partial charge < -0.3 is 9.64 Å². The summed E-state index contributed by atoms with van der Waals surface area (Å²) in [5, 5.41) is 8.80. The van der Waals surface area contributed by atoms with Gasteiger partial charge in [0.25, 0.3) is 0 Å². The zero-order valence-electron chi connectivity index (χ0n) is 9.69. The quantitative estimate of drug-likeness (QED) is 0.672. The van der Waals surface area contributed by atoms with E-state index in [4.69, 9.17) is 10.00 Å². The number of nitriles is 1. The monoisotopic (exact) mass is 222 g/mol. The molecule has 0 radical (unpaired) electrons. The molecule has 3 unspecified atom stereocenters. The third-order valence-electron chi connectivity index (χ3n) is 3.58. The first-order chi connectivity index (χ1) is 7.74. The van der Waals surface area contributed by atoms with Crippen LogP contribution in [0.4, 0.5) is 0 Å². The van der Waals surface area contributed by atoms with Gasteiger partial charge in [-0.15, -0.1) is 0 Å². The number of carbonyl (C=O) groups excluding carboxylic acids is 1. The third kappa shape index (κ3) is 2.05. The fourth-order valence-electron chi connectivity index (χ4n) is 2.67. The van der Waals surface area contributed by atoms with Crippen molar-refractivity contribution in [1.82, 2.24) is 4.90 Å². The van der Waals surface area contributed by atoms with Crippen molar-refractivity contribution in [1.29, 1.82) is 5.26 Å². The van der Waals surface area contributed by atoms with Crippen LogP contribution in [0.3, 0.4) is 0 Å². The highest BCUT2D eigenvalue weighted by molar-refractivity contribution is 5.81. The van der Waals surface area contributed by atoms with Crippen molar-refractivity contribution in [3.05, 3.63) is 0 Å². The first-order valence-electron chi connectivity index (χ1n) is 6.05. The Morgan fingerprint density at radius 1 is 1.50 bits per heavy atom. The summed E-state index contributed by atoms with van der Waals surface area (Å²) in [5.41, 5.74) is 0. The van der Waals surface area contributed by atoms with E-state index >= 15 is 0 Å². The fraction of sp³-hybridized carbons (Fsp3) is 0.833. The van der Waals surface area contributed by atoms with E-state index in [-0.39, 0.29) is 18.1 Å². The number of morpholine rings is 1. The van der Waals surface area contributed by atoms with Crippen molar-refractivity contribution in [3.63, 3.8) is 0 Å². The molecule has 1 aliphatic heterocycles. The van der Waals surface area contributed by atoms with Gasteiger partial charge in [0.2, 0.25) is 5.91 Å². The highest BCUT2D eigenvalue weighted by Crippen LogP contribution is 2.29. The largest absolute Gasteiger partial charge is 0.374 e. The first kappa shape index (κ1) is 11.4. The molecule has 0 spiro atoms. The van der Waals surface area contributed by atoms with Crippen molar-refractivity contribution in [3.8, 4) is 6.07 Å². The lowest BCUT2D eigenvalue weighted by Gasteiger charge is -2.44. The van der Waals surface area contributed by atoms with Gasteiger partial charge in [0.1, 0.15) is 5.92 Å². The van der Waals surface area contributed by atoms with Crippen LogP contribution >= 0.6 is 0 Å². The van der Waals surface area contributed by atoms with Crippen LogP contribution in [0.2, 0.25) is 0 Å². The molecule has 1 saturated heterocycles. The maximum Gasteiger partial charge on any atom is 0.240 e. The summed E-state index contributed by atoms with van der Waals surface area (Å²) >= 11 is 0. The van der Waals surface area contributed by atoms with Crippen molar-refractivity contribution in [2.75, 3.05) is 13.2 Å². The van der Waals surface area contributed by atoms with E-state index in [0.29, 0.717) is 13.2 Å². The number of amides is 1. The van der Waals surface area contributed by atoms with E-state index in [0.717, 1.165) is 19.3 Å². The van der Waals surface area contributed by atoms with Gasteiger partial charge in [0.05, 0.1) is 24.8 Å². The van der Waals surface area contributed by atoms with Gasteiger partial charge in [-0.2, -0.15) is 5.26 Å². The van der Waals surface area contributed by atoms with Crippen molar-refractivity contribution in [2.24, 2.45) is 5.92 Å². The van der Waals surface area contributed by atoms with E-state index in [9.17, 15) is 4.79 Å². The average Bonchev–Trinajstić information content (AvgIpc) is 2.36. The number of fused-ring (bicyclic) bond motifs is 1. The Morgan fingerprint density at radius 3 is 3.00 bits per heavy atom. The van der Waals surface area contributed by atoms with Crippen LogP contribution in [0.1, 0.15) is 32.6 Å². The molecule has 4 heteroatoms. The SMILES string of the molecule is CC(C#N)C(=O)N1CCOC2CCCCC21. The maximum atomic E-state index is 12.0. The topological polar surface area (TPSA) is 53.3 Å². The average molecular weight is 222 g/mol. The van der Waals surface area contributed by atoms with Gasteiger partial charge in [-0.05, 0) is 19.8 Å². The zero-order valence-corrected chi connectivity index (χ0v) is 9.69. The van der Waals surface area contributed by atoms with Crippen LogP contribution in [0.5, 0.6) is 0 Å². The number of rotatable bonds is 1. The minimum absolute atomic E-state index is 0.0253. The fourth-order valence-corrected chi connectivity index (χ4v) is 2.67. The number of ether oxygens (including phenoxy) is 1. The molecule has 1 amide bonds. The lowest BCUT2D eigenvalue weighted by molar-refractivity contribution is -0.151. The van der Waals surface area contributed by atoms with Gasteiger partial charge >= 0.3 is 0 Å². The molecule has 3 atom stereocenters. The molecule has 88 valence electrons. The van der Waals surface area contributed by atoms with Gasteiger partial charge in [0, 0.05) is 6.54 Å². The van der Waals surface area contributed by atoms with Crippen LogP contribution in [-0.4, -0.2) is 36.1 Å². The van der Waals surface area contributed by atoms with E-state index < -0.39 is 5.92 Å². The predicted molar refractivity (Wildman–Crippen MR) is 58.5 cm³/mol. The molecule has 1 aliphatic carbocycles. The lowest BCUT2D eigenvalue weighted by Crippen LogP contribution is -2.55. The van der Waals surface area contributed by atoms with Gasteiger partial charge in [-0.25, -0.2) is 0 Å². The summed E-state index contributed by atoms with van der Waals surface area (Å²) in [5.74, 6) is -0.552. The van der Waals surface area contributed by atoms with Gasteiger partial charge in [0.15, 0.2) is 0 Å². The summed E-state index contributed by atoms with van der Waals surface area (Å²) in [7, 11) is 0. The van der Waals surface area contributed by atoms with E-state index in [1.807, 2.05) is 11.0 Å². The molecule has 4 nitrogen and oxygen atoms in total. The Labute approximate surface area is 96.2 Å². The second-order valence-electron chi connectivity index (χ2n) is 4.64. The molecule has 16 heavy (non-hydrogen) atoms. The molecule has 0 bridgehead atoms. The number of hydrogen-bond donors (Lipinski definition) is 0. The Bertz CT molecular complexity index is 309. The lowest BCUT2D eigenvalue weighted by atomic mass is 9.89. The second-order valence-corrected chi connectivity index (χ2v) is 4.64. The molecule has 2 fully saturated rings. The molecule has 1 heterocycles. The van der Waals surface area contributed by atoms with Crippen LogP contribution < -0.4 is 0 Å². The predicted octanol–water partition coefficient (Wildman–Crippen LogP) is 1.32. The summed E-state index contributed by atoms with van der Waals surface area (Å²) < 4.78 is 5.70. The number of hydrogen-bond acceptors (Lipinski definition) is 3. The van der Waals surface area contributed by atoms with Crippen LogP contribution in [-0.2, 0) is 9.53 Å². The van der Waals surface area contributed by atoms with E-state index in [1.54, 1.807) is 6.92 Å². The smallest absolute Gasteiger partial charge is 0.240 e. The minimum atomic E-state index is -0.527. The van der Waals surface area contributed by atoms with E-state index in [1.165, 1.54) is 6.42 Å². The molecule has 0 N–H and O–H groups in total. The second kappa shape index (κ2) is 4.84. The van der Waals surface area contributed by atoms with Crippen molar-refractivity contribution < 1.29 is 9.53 Å². The molecule has 0 aromatic carbocycles. The number of nitrogens with zero attached hydrogens (tertiary/aromatic N) is 2. The van der Waals surface area contributed by atoms with Crippen LogP contribution in [0, 0.1) is 17.2 Å². The zero-order chi connectivity index (χ0) is 11.5. The van der Waals surface area contributed by atoms with Crippen LogP contribution in [0.15, 0.2) is 0 Å². The van der Waals surface area contributed by atoms with Crippen molar-refractivity contribution >= 4 is 5.91 Å². The highest BCUT2D eigenvalue weighted by atomic mass is 16.5. The molecule has 1 saturated carbocycles. The van der Waals surface area contributed by atoms with Crippen molar-refractivity contribution in [2.45, 2.75) is 44.8 Å². The number of carbonyl (C=O) groups is 1. The summed E-state index contributed by atoms with van der Waals surface area (Å²) in [4.78, 5) is 13.9. The van der Waals surface area contributed by atoms with Crippen LogP contribution in [0.25, 0.3) is 0 Å². The van der Waals surface area contributed by atoms with Gasteiger partial charge in [-0.3, -0.25) is 4.79 Å². The minimum Gasteiger partial charge on any atom is -0.374 e. The Morgan fingerprint density at radius 2 is 2.25 bits per heavy atom. The highest BCUT2D eigenvalue weighted by Gasteiger charge is 2.37. The molecule has 2 aliphatic rings. The Kier molecular flexibility index (Phi) is 3.45. The summed E-state index contributed by atoms with van der Waals surface area (Å²) in [6.07, 6.45) is 4.63. The molecular weight excluding hydrogens is 204 g/mol. The standard InChI is InChI=1S/C12H18N2O2/c1-9(8-13)12(15)14-6-7-16-11-5-3-2-4-10(11)14/h9-11H,2-7H2,1H3. The molecular formula is C12H18N2O2. The Balaban J connectivity index is 2.08. The molecule has 0 aromatic rings. The molecule has 0 aromatic heterocycles. The first-order valence-corrected chi connectivity index (χ1v) is 6.05. The maximum absolute atomic E-state index is 12.0. The summed E-state index contributed by atoms with van der Waals surface area (Å²) in [6, 6.07) is 2.24. The normalized spacial score (nSPS) is 31.4.